The van der Waals surface area contributed by atoms with E-state index in [2.05, 4.69) is 87.6 Å². The average Bonchev–Trinajstić information content (AvgIpc) is 3.32. The summed E-state index contributed by atoms with van der Waals surface area (Å²) in [4.78, 5) is 48.3. The number of ether oxygens (including phenoxy) is 3. The van der Waals surface area contributed by atoms with Crippen molar-refractivity contribution in [2.24, 2.45) is 0 Å². The monoisotopic (exact) mass is 975 g/mol. The summed E-state index contributed by atoms with van der Waals surface area (Å²) in [5, 5.41) is 9.76. The van der Waals surface area contributed by atoms with E-state index in [0.29, 0.717) is 19.3 Å². The van der Waals surface area contributed by atoms with Crippen LogP contribution < -0.4 is 0 Å². The molecule has 0 rings (SSSR count). The summed E-state index contributed by atoms with van der Waals surface area (Å²) in [6.45, 7) is 4.30. The molecule has 0 amide bonds. The molecule has 68 heavy (non-hydrogen) atoms. The molecule has 0 spiro atoms. The molecule has 0 aliphatic heterocycles. The maximum absolute atomic E-state index is 12.8. The van der Waals surface area contributed by atoms with Gasteiger partial charge in [0.2, 0.25) is 0 Å². The minimum atomic E-state index is -4.77. The van der Waals surface area contributed by atoms with Gasteiger partial charge in [0.15, 0.2) is 6.10 Å². The minimum Gasteiger partial charge on any atom is -0.462 e. The molecule has 390 valence electrons. The fraction of sp³-hybridized carbons (Fsp3) is 0.696. The van der Waals surface area contributed by atoms with Crippen molar-refractivity contribution < 1.29 is 52.2 Å². The molecule has 0 saturated heterocycles. The molecule has 11 nitrogen and oxygen atoms in total. The lowest BCUT2D eigenvalue weighted by Crippen LogP contribution is -2.30. The summed E-state index contributed by atoms with van der Waals surface area (Å²) in [5.74, 6) is -1.57. The smallest absolute Gasteiger partial charge is 0.462 e. The summed E-state index contributed by atoms with van der Waals surface area (Å²) >= 11 is 0. The Morgan fingerprint density at radius 3 is 1.26 bits per heavy atom. The van der Waals surface area contributed by atoms with Gasteiger partial charge in [0.25, 0.3) is 0 Å². The van der Waals surface area contributed by atoms with Crippen molar-refractivity contribution >= 4 is 25.7 Å². The molecule has 0 bridgehead atoms. The fourth-order valence-corrected chi connectivity index (χ4v) is 7.64. The van der Waals surface area contributed by atoms with Crippen molar-refractivity contribution in [2.45, 2.75) is 226 Å². The molecular weight excluding hydrogens is 880 g/mol. The number of allylic oxidation sites excluding steroid dienone is 14. The molecule has 12 heteroatoms. The molecule has 0 saturated carbocycles. The summed E-state index contributed by atoms with van der Waals surface area (Å²) in [5.41, 5.74) is 0. The quantitative estimate of drug-likeness (QED) is 0.0197. The number of hydrogen-bond acceptors (Lipinski definition) is 10. The first-order valence-electron chi connectivity index (χ1n) is 26.5. The van der Waals surface area contributed by atoms with Crippen LogP contribution in [0.15, 0.2) is 85.1 Å². The van der Waals surface area contributed by atoms with Gasteiger partial charge in [-0.1, -0.05) is 202 Å². The maximum atomic E-state index is 12.8. The Balaban J connectivity index is 4.83. The van der Waals surface area contributed by atoms with E-state index in [1.165, 1.54) is 57.8 Å². The highest BCUT2D eigenvalue weighted by atomic mass is 31.2. The maximum Gasteiger partial charge on any atom is 0.472 e. The minimum absolute atomic E-state index is 0.0525. The number of esters is 3. The van der Waals surface area contributed by atoms with Gasteiger partial charge in [-0.05, 0) is 77.0 Å². The van der Waals surface area contributed by atoms with Crippen LogP contribution in [0.25, 0.3) is 0 Å². The normalized spacial score (nSPS) is 14.1. The van der Waals surface area contributed by atoms with Crippen molar-refractivity contribution in [3.05, 3.63) is 85.1 Å². The number of phosphoric ester groups is 1. The molecule has 0 aliphatic rings. The summed E-state index contributed by atoms with van der Waals surface area (Å²) < 4.78 is 39.3. The van der Waals surface area contributed by atoms with Crippen LogP contribution in [-0.2, 0) is 42.2 Å². The second-order valence-corrected chi connectivity index (χ2v) is 18.7. The molecule has 0 aromatic heterocycles. The van der Waals surface area contributed by atoms with Gasteiger partial charge >= 0.3 is 25.7 Å². The van der Waals surface area contributed by atoms with Crippen LogP contribution in [0.1, 0.15) is 213 Å². The van der Waals surface area contributed by atoms with Crippen LogP contribution in [0.3, 0.4) is 0 Å². The van der Waals surface area contributed by atoms with Crippen LogP contribution in [0, 0.1) is 0 Å². The summed E-state index contributed by atoms with van der Waals surface area (Å²) in [6, 6.07) is 0. The number of rotatable bonds is 48. The predicted octanol–water partition coefficient (Wildman–Crippen LogP) is 15.1. The molecule has 0 radical (unpaired) electrons. The van der Waals surface area contributed by atoms with Gasteiger partial charge in [-0.15, -0.1) is 0 Å². The number of phosphoric acid groups is 1. The van der Waals surface area contributed by atoms with Gasteiger partial charge in [0, 0.05) is 19.3 Å². The molecule has 0 fully saturated rings. The highest BCUT2D eigenvalue weighted by molar-refractivity contribution is 7.47. The van der Waals surface area contributed by atoms with Gasteiger partial charge in [-0.3, -0.25) is 23.4 Å². The lowest BCUT2D eigenvalue weighted by atomic mass is 10.0. The lowest BCUT2D eigenvalue weighted by Gasteiger charge is -2.21. The third-order valence-corrected chi connectivity index (χ3v) is 11.8. The van der Waals surface area contributed by atoms with E-state index >= 15 is 0 Å². The molecular formula is C56H95O11P. The van der Waals surface area contributed by atoms with E-state index in [1.54, 1.807) is 0 Å². The van der Waals surface area contributed by atoms with Crippen LogP contribution in [0.5, 0.6) is 0 Å². The molecule has 0 heterocycles. The van der Waals surface area contributed by atoms with E-state index in [1.807, 2.05) is 18.2 Å². The van der Waals surface area contributed by atoms with Crippen molar-refractivity contribution in [2.75, 3.05) is 26.4 Å². The lowest BCUT2D eigenvalue weighted by molar-refractivity contribution is -0.161. The van der Waals surface area contributed by atoms with Gasteiger partial charge in [0.1, 0.15) is 12.7 Å². The van der Waals surface area contributed by atoms with Gasteiger partial charge in [-0.25, -0.2) is 4.57 Å². The Labute approximate surface area is 413 Å². The fourth-order valence-electron chi connectivity index (χ4n) is 6.85. The number of unbranched alkanes of at least 4 members (excludes halogenated alkanes) is 17. The summed E-state index contributed by atoms with van der Waals surface area (Å²) in [7, 11) is -4.77. The Hall–Kier alpha value is -3.34. The standard InChI is InChI=1S/C56H95O11P/c1-4-7-10-13-16-19-22-25-26-29-32-35-38-41-44-47-56(60)67-53(49-63-54(58)45-42-39-36-33-30-27-23-20-17-14-11-8-5-2)51-65-68(61,62)64-50-52(48-57)66-55(59)46-43-40-37-34-31-28-24-21-18-15-12-9-6-3/h7,9-10,12,16,18-19,21,25-26,28,31,37,40,52-53,57H,4-6,8,11,13-15,17,20,22-24,27,29-30,32-36,38-39,41-51H2,1-3H3,(H,61,62)/b10-7-,12-9-,19-16-,21-18-,26-25-,31-28-,40-37-. The van der Waals surface area contributed by atoms with Gasteiger partial charge in [0.05, 0.1) is 19.8 Å². The van der Waals surface area contributed by atoms with E-state index < -0.39 is 57.8 Å². The second kappa shape index (κ2) is 50.1. The number of carbonyl (C=O) groups excluding carboxylic acids is 3. The topological polar surface area (TPSA) is 155 Å². The van der Waals surface area contributed by atoms with Crippen LogP contribution >= 0.6 is 7.82 Å². The summed E-state index contributed by atoms with van der Waals surface area (Å²) in [6.07, 6.45) is 55.7. The van der Waals surface area contributed by atoms with E-state index in [-0.39, 0.29) is 25.9 Å². The van der Waals surface area contributed by atoms with E-state index in [4.69, 9.17) is 23.3 Å². The Bertz CT molecular complexity index is 1460. The molecule has 0 aromatic carbocycles. The van der Waals surface area contributed by atoms with Gasteiger partial charge in [-0.2, -0.15) is 0 Å². The van der Waals surface area contributed by atoms with Crippen LogP contribution in [-0.4, -0.2) is 66.5 Å². The highest BCUT2D eigenvalue weighted by Gasteiger charge is 2.28. The van der Waals surface area contributed by atoms with Crippen molar-refractivity contribution in [3.8, 4) is 0 Å². The van der Waals surface area contributed by atoms with Crippen LogP contribution in [0.2, 0.25) is 0 Å². The molecule has 3 atom stereocenters. The predicted molar refractivity (Wildman–Crippen MR) is 279 cm³/mol. The third kappa shape index (κ3) is 47.7. The van der Waals surface area contributed by atoms with Crippen molar-refractivity contribution in [3.63, 3.8) is 0 Å². The third-order valence-electron chi connectivity index (χ3n) is 10.8. The zero-order chi connectivity index (χ0) is 49.9. The first-order valence-corrected chi connectivity index (χ1v) is 28.0. The molecule has 0 aromatic rings. The number of aliphatic hydroxyl groups excluding tert-OH is 1. The molecule has 3 unspecified atom stereocenters. The zero-order valence-electron chi connectivity index (χ0n) is 42.8. The highest BCUT2D eigenvalue weighted by Crippen LogP contribution is 2.43. The molecule has 0 aliphatic carbocycles. The number of aliphatic hydroxyl groups is 1. The largest absolute Gasteiger partial charge is 0.472 e. The second-order valence-electron chi connectivity index (χ2n) is 17.3. The van der Waals surface area contributed by atoms with Crippen molar-refractivity contribution in [1.82, 2.24) is 0 Å². The SMILES string of the molecule is CC/C=C\C/C=C\C/C=C\C/C=C\CCC(=O)OC(CO)COP(=O)(O)OCC(COC(=O)CCCCCCCCCCCCCCC)OC(=O)CCCCCCC/C=C\C/C=C\C/C=C\CC. The Morgan fingerprint density at radius 2 is 0.794 bits per heavy atom. The number of carbonyl (C=O) groups is 3. The molecule has 2 N–H and O–H groups in total. The Morgan fingerprint density at radius 1 is 0.426 bits per heavy atom. The first kappa shape index (κ1) is 64.7. The van der Waals surface area contributed by atoms with E-state index in [9.17, 15) is 28.9 Å². The first-order chi connectivity index (χ1) is 33.2. The Kier molecular flexibility index (Phi) is 47.6. The zero-order valence-corrected chi connectivity index (χ0v) is 43.7. The average molecular weight is 975 g/mol. The van der Waals surface area contributed by atoms with Crippen LogP contribution in [0.4, 0.5) is 0 Å². The van der Waals surface area contributed by atoms with Gasteiger partial charge < -0.3 is 24.2 Å². The van der Waals surface area contributed by atoms with Crippen molar-refractivity contribution in [1.29, 1.82) is 0 Å². The van der Waals surface area contributed by atoms with E-state index in [0.717, 1.165) is 96.3 Å². The number of hydrogen-bond donors (Lipinski definition) is 2.